The fourth-order valence-corrected chi connectivity index (χ4v) is 4.76. The minimum atomic E-state index is -1.39. The fraction of sp³-hybridized carbons (Fsp3) is 0.379. The van der Waals surface area contributed by atoms with E-state index in [2.05, 4.69) is 9.55 Å². The van der Waals surface area contributed by atoms with Gasteiger partial charge in [-0.25, -0.2) is 14.8 Å². The fourth-order valence-electron chi connectivity index (χ4n) is 4.59. The van der Waals surface area contributed by atoms with Crippen molar-refractivity contribution in [3.8, 4) is 5.75 Å². The molecule has 0 aliphatic heterocycles. The molecular formula is C29H34ClN5O5. The van der Waals surface area contributed by atoms with Gasteiger partial charge in [-0.2, -0.15) is 0 Å². The van der Waals surface area contributed by atoms with Crippen LogP contribution in [0.5, 0.6) is 5.75 Å². The van der Waals surface area contributed by atoms with Crippen molar-refractivity contribution in [3.05, 3.63) is 59.9 Å². The molecule has 4 rings (SSSR count). The number of nitrogens with zero attached hydrogens (tertiary/aromatic N) is 4. The number of carbonyl (C=O) groups excluding carboxylic acids is 1. The Morgan fingerprint density at radius 2 is 1.93 bits per heavy atom. The van der Waals surface area contributed by atoms with Gasteiger partial charge >= 0.3 is 5.97 Å². The van der Waals surface area contributed by atoms with Crippen LogP contribution < -0.4 is 10.5 Å². The number of hydrogen-bond donors (Lipinski definition) is 2. The molecule has 10 nitrogen and oxygen atoms in total. The number of anilines is 1. The topological polar surface area (TPSA) is 133 Å². The number of hydrogen-bond acceptors (Lipinski definition) is 7. The first-order valence-corrected chi connectivity index (χ1v) is 13.6. The Bertz CT molecular complexity index is 1520. The molecule has 4 aromatic rings. The van der Waals surface area contributed by atoms with Crippen LogP contribution in [0.1, 0.15) is 31.7 Å². The number of alkyl halides is 1. The van der Waals surface area contributed by atoms with E-state index in [1.54, 1.807) is 30.2 Å². The number of ether oxygens (including phenoxy) is 2. The van der Waals surface area contributed by atoms with Crippen molar-refractivity contribution in [3.63, 3.8) is 0 Å². The summed E-state index contributed by atoms with van der Waals surface area (Å²) < 4.78 is 13.1. The number of aliphatic carboxylic acids is 1. The molecule has 2 aromatic heterocycles. The van der Waals surface area contributed by atoms with Crippen molar-refractivity contribution in [2.24, 2.45) is 0 Å². The summed E-state index contributed by atoms with van der Waals surface area (Å²) in [7, 11) is 1.65. The van der Waals surface area contributed by atoms with Gasteiger partial charge < -0.3 is 29.8 Å². The molecule has 1 amide bonds. The maximum Gasteiger partial charge on any atom is 0.347 e. The molecule has 2 aromatic carbocycles. The minimum Gasteiger partial charge on any atom is -0.478 e. The number of fused-ring (bicyclic) bond motifs is 3. The number of pyridine rings is 1. The first-order chi connectivity index (χ1) is 19.1. The molecule has 0 bridgehead atoms. The highest BCUT2D eigenvalue weighted by Gasteiger charge is 2.29. The summed E-state index contributed by atoms with van der Waals surface area (Å²) in [5.41, 5.74) is 8.06. The van der Waals surface area contributed by atoms with E-state index < -0.39 is 11.6 Å². The van der Waals surface area contributed by atoms with E-state index in [1.165, 1.54) is 13.8 Å². The number of carboxylic acid groups (broad SMARTS) is 1. The van der Waals surface area contributed by atoms with E-state index in [-0.39, 0.29) is 11.8 Å². The lowest BCUT2D eigenvalue weighted by Gasteiger charge is -2.24. The third-order valence-corrected chi connectivity index (χ3v) is 6.88. The zero-order valence-corrected chi connectivity index (χ0v) is 23.6. The van der Waals surface area contributed by atoms with Crippen LogP contribution in [-0.2, 0) is 33.8 Å². The standard InChI is InChI=1S/C29H34ClN5O5/c1-29(2,28(37)38)40-20-9-6-8-19(16-20)18-34(24(36)17-30)13-7-14-35-23(12-15-39-3)33-25-26(35)21-10-4-5-11-22(21)32-27(25)31/h4-6,8-11,16H,7,12-15,17-18H2,1-3H3,(H2,31,32)(H,37,38). The molecule has 0 fully saturated rings. The highest BCUT2D eigenvalue weighted by atomic mass is 35.5. The van der Waals surface area contributed by atoms with Crippen LogP contribution in [0, 0.1) is 0 Å². The van der Waals surface area contributed by atoms with Crippen molar-refractivity contribution >= 4 is 51.2 Å². The third-order valence-electron chi connectivity index (χ3n) is 6.66. The number of aryl methyl sites for hydroxylation is 1. The molecule has 0 saturated heterocycles. The minimum absolute atomic E-state index is 0.151. The molecule has 0 unspecified atom stereocenters. The van der Waals surface area contributed by atoms with Gasteiger partial charge in [0.2, 0.25) is 5.91 Å². The van der Waals surface area contributed by atoms with Gasteiger partial charge in [0.25, 0.3) is 0 Å². The van der Waals surface area contributed by atoms with Gasteiger partial charge in [0.1, 0.15) is 23.0 Å². The third kappa shape index (κ3) is 6.46. The highest BCUT2D eigenvalue weighted by Crippen LogP contribution is 2.29. The first-order valence-electron chi connectivity index (χ1n) is 13.0. The SMILES string of the molecule is COCCc1nc2c(N)nc3ccccc3c2n1CCCN(Cc1cccc(OC(C)(C)C(=O)O)c1)C(=O)CCl. The number of carboxylic acids is 1. The van der Waals surface area contributed by atoms with E-state index in [0.29, 0.717) is 56.2 Å². The Morgan fingerprint density at radius 3 is 2.65 bits per heavy atom. The van der Waals surface area contributed by atoms with Gasteiger partial charge in [-0.15, -0.1) is 11.6 Å². The second-order valence-corrected chi connectivity index (χ2v) is 10.3. The Morgan fingerprint density at radius 1 is 1.15 bits per heavy atom. The average Bonchev–Trinajstić information content (AvgIpc) is 3.30. The number of imidazole rings is 1. The number of nitrogen functional groups attached to an aromatic ring is 1. The Kier molecular flexibility index (Phi) is 9.11. The molecule has 2 heterocycles. The van der Waals surface area contributed by atoms with Crippen LogP contribution in [-0.4, -0.2) is 68.2 Å². The Labute approximate surface area is 237 Å². The Hall–Kier alpha value is -3.89. The number of amides is 1. The number of halogens is 1. The van der Waals surface area contributed by atoms with Crippen LogP contribution in [0.15, 0.2) is 48.5 Å². The summed E-state index contributed by atoms with van der Waals surface area (Å²) >= 11 is 5.96. The number of aromatic nitrogens is 3. The Balaban J connectivity index is 1.57. The average molecular weight is 568 g/mol. The smallest absolute Gasteiger partial charge is 0.347 e. The van der Waals surface area contributed by atoms with Gasteiger partial charge in [0.05, 0.1) is 17.6 Å². The number of para-hydroxylation sites is 1. The number of nitrogens with two attached hydrogens (primary N) is 1. The summed E-state index contributed by atoms with van der Waals surface area (Å²) in [6.45, 7) is 4.81. The predicted molar refractivity (Wildman–Crippen MR) is 155 cm³/mol. The van der Waals surface area contributed by atoms with E-state index in [4.69, 9.17) is 31.8 Å². The maximum atomic E-state index is 12.8. The lowest BCUT2D eigenvalue weighted by Crippen LogP contribution is -2.38. The molecule has 0 atom stereocenters. The van der Waals surface area contributed by atoms with Crippen LogP contribution >= 0.6 is 11.6 Å². The first kappa shape index (κ1) is 29.1. The highest BCUT2D eigenvalue weighted by molar-refractivity contribution is 6.27. The van der Waals surface area contributed by atoms with Gasteiger partial charge in [0.15, 0.2) is 11.4 Å². The lowest BCUT2D eigenvalue weighted by atomic mass is 10.1. The van der Waals surface area contributed by atoms with Gasteiger partial charge in [0, 0.05) is 38.6 Å². The molecule has 11 heteroatoms. The molecule has 0 saturated carbocycles. The predicted octanol–water partition coefficient (Wildman–Crippen LogP) is 4.26. The quantitative estimate of drug-likeness (QED) is 0.229. The summed E-state index contributed by atoms with van der Waals surface area (Å²) in [4.78, 5) is 35.3. The van der Waals surface area contributed by atoms with Crippen molar-refractivity contribution in [2.75, 3.05) is 31.9 Å². The zero-order valence-electron chi connectivity index (χ0n) is 22.9. The van der Waals surface area contributed by atoms with E-state index >= 15 is 0 Å². The number of methoxy groups -OCH3 is 1. The van der Waals surface area contributed by atoms with Crippen LogP contribution in [0.25, 0.3) is 21.9 Å². The number of rotatable bonds is 13. The second-order valence-electron chi connectivity index (χ2n) is 10.0. The van der Waals surface area contributed by atoms with Crippen LogP contribution in [0.2, 0.25) is 0 Å². The summed E-state index contributed by atoms with van der Waals surface area (Å²) in [6.07, 6.45) is 1.23. The molecule has 40 heavy (non-hydrogen) atoms. The summed E-state index contributed by atoms with van der Waals surface area (Å²) in [5.74, 6) is 0.198. The van der Waals surface area contributed by atoms with Crippen LogP contribution in [0.3, 0.4) is 0 Å². The van der Waals surface area contributed by atoms with E-state index in [1.807, 2.05) is 30.3 Å². The lowest BCUT2D eigenvalue weighted by molar-refractivity contribution is -0.152. The molecule has 0 spiro atoms. The molecule has 0 aliphatic rings. The second kappa shape index (κ2) is 12.5. The zero-order chi connectivity index (χ0) is 28.9. The number of benzene rings is 2. The van der Waals surface area contributed by atoms with Crippen molar-refractivity contribution in [1.29, 1.82) is 0 Å². The van der Waals surface area contributed by atoms with Gasteiger partial charge in [-0.1, -0.05) is 30.3 Å². The monoisotopic (exact) mass is 567 g/mol. The molecule has 3 N–H and O–H groups in total. The normalized spacial score (nSPS) is 11.7. The van der Waals surface area contributed by atoms with E-state index in [0.717, 1.165) is 27.8 Å². The molecular weight excluding hydrogens is 534 g/mol. The largest absolute Gasteiger partial charge is 0.478 e. The van der Waals surface area contributed by atoms with Crippen molar-refractivity contribution in [1.82, 2.24) is 19.4 Å². The summed E-state index contributed by atoms with van der Waals surface area (Å²) in [6, 6.07) is 14.9. The number of carbonyl (C=O) groups is 2. The van der Waals surface area contributed by atoms with E-state index in [9.17, 15) is 14.7 Å². The van der Waals surface area contributed by atoms with Gasteiger partial charge in [-0.3, -0.25) is 4.79 Å². The van der Waals surface area contributed by atoms with Crippen molar-refractivity contribution < 1.29 is 24.2 Å². The van der Waals surface area contributed by atoms with Crippen LogP contribution in [0.4, 0.5) is 5.82 Å². The molecule has 0 radical (unpaired) electrons. The summed E-state index contributed by atoms with van der Waals surface area (Å²) in [5, 5.41) is 10.3. The van der Waals surface area contributed by atoms with Crippen molar-refractivity contribution in [2.45, 2.75) is 45.4 Å². The molecule has 212 valence electrons. The maximum absolute atomic E-state index is 12.8. The van der Waals surface area contributed by atoms with Gasteiger partial charge in [-0.05, 0) is 44.0 Å². The molecule has 0 aliphatic carbocycles.